The van der Waals surface area contributed by atoms with E-state index in [9.17, 15) is 33.4 Å². The standard InChI is InChI=1S/C9H9B3F2N2O11P2S/c10-8(16-1-2(13)5(30)15-6(16)19)4(18)3(17)7(14,25-8)9(11,12)26-29(23,24)27-28(20,21)22/h1,3-4,17-18H,(H,23,24)(H,15,19,30)(H2,20,21,22)/t3-,4+,7-,8-/m0/s1. The first-order valence-electron chi connectivity index (χ1n) is 7.20. The quantitative estimate of drug-likeness (QED) is 0.140. The molecule has 1 aliphatic rings. The van der Waals surface area contributed by atoms with Crippen molar-refractivity contribution in [1.82, 2.24) is 9.55 Å². The Hall–Kier alpha value is -0.705. The summed E-state index contributed by atoms with van der Waals surface area (Å²) in [4.78, 5) is 40.2. The van der Waals surface area contributed by atoms with Gasteiger partial charge < -0.3 is 29.6 Å². The fourth-order valence-corrected chi connectivity index (χ4v) is 4.26. The molecule has 2 rings (SSSR count). The summed E-state index contributed by atoms with van der Waals surface area (Å²) in [5.41, 5.74) is -4.51. The number of nitrogens with zero attached hydrogens (tertiary/aromatic N) is 1. The van der Waals surface area contributed by atoms with Crippen molar-refractivity contribution >= 4 is 51.4 Å². The van der Waals surface area contributed by atoms with Gasteiger partial charge in [0.05, 0.1) is 5.40 Å². The van der Waals surface area contributed by atoms with Crippen LogP contribution < -0.4 is 5.69 Å². The molecule has 1 aliphatic heterocycles. The van der Waals surface area contributed by atoms with Gasteiger partial charge in [-0.15, -0.1) is 0 Å². The molecule has 5 atom stereocenters. The molecule has 13 nitrogen and oxygen atoms in total. The zero-order chi connectivity index (χ0) is 23.5. The first-order valence-corrected chi connectivity index (χ1v) is 10.6. The summed E-state index contributed by atoms with van der Waals surface area (Å²) in [7, 11) is 4.33. The van der Waals surface area contributed by atoms with E-state index in [1.807, 2.05) is 0 Å². The SMILES string of the molecule is [B]C([B])(OP(=O)(O)OP(=O)(O)O)[C@@]1(F)O[C@@]([B])(n2cc(F)c(=S)[nH]c2=O)[C@H](O)[C@@H]1O. The predicted molar refractivity (Wildman–Crippen MR) is 94.8 cm³/mol. The highest BCUT2D eigenvalue weighted by Crippen LogP contribution is 2.61. The van der Waals surface area contributed by atoms with Crippen LogP contribution in [0.25, 0.3) is 0 Å². The summed E-state index contributed by atoms with van der Waals surface area (Å²) in [5.74, 6) is -5.45. The van der Waals surface area contributed by atoms with Gasteiger partial charge in [0.2, 0.25) is 0 Å². The topological polar surface area (TPSA) is 201 Å². The van der Waals surface area contributed by atoms with Crippen LogP contribution in [0.2, 0.25) is 0 Å². The van der Waals surface area contributed by atoms with Gasteiger partial charge in [-0.2, -0.15) is 4.31 Å². The third kappa shape index (κ3) is 4.57. The number of phosphoric ester groups is 1. The molecule has 1 aromatic rings. The molecule has 6 N–H and O–H groups in total. The second-order valence-electron chi connectivity index (χ2n) is 5.92. The first kappa shape index (κ1) is 25.6. The van der Waals surface area contributed by atoms with Gasteiger partial charge in [0.1, 0.15) is 46.0 Å². The number of hydrogen-bond donors (Lipinski definition) is 6. The molecular formula is C9H9B3F2N2O11P2S. The summed E-state index contributed by atoms with van der Waals surface area (Å²) in [5, 5.41) is 16.3. The third-order valence-corrected chi connectivity index (χ3v) is 6.21. The van der Waals surface area contributed by atoms with Crippen LogP contribution >= 0.6 is 27.9 Å². The number of aliphatic hydroxyl groups excluding tert-OH is 2. The van der Waals surface area contributed by atoms with E-state index in [-0.39, 0.29) is 10.8 Å². The third-order valence-electron chi connectivity index (χ3n) is 3.70. The normalized spacial score (nSPS) is 32.1. The zero-order valence-corrected chi connectivity index (χ0v) is 16.8. The second-order valence-corrected chi connectivity index (χ2v) is 9.08. The van der Waals surface area contributed by atoms with Crippen LogP contribution in [-0.2, 0) is 28.3 Å². The number of hydrogen-bond acceptors (Lipinski definition) is 9. The lowest BCUT2D eigenvalue weighted by atomic mass is 9.59. The van der Waals surface area contributed by atoms with Crippen molar-refractivity contribution in [2.24, 2.45) is 0 Å². The summed E-state index contributed by atoms with van der Waals surface area (Å²) in [6, 6.07) is 0. The van der Waals surface area contributed by atoms with Gasteiger partial charge in [-0.3, -0.25) is 14.1 Å². The van der Waals surface area contributed by atoms with E-state index < -0.39 is 60.9 Å². The van der Waals surface area contributed by atoms with Gasteiger partial charge in [-0.25, -0.2) is 22.7 Å². The lowest BCUT2D eigenvalue weighted by Crippen LogP contribution is -2.60. The maximum Gasteiger partial charge on any atom is 0.480 e. The number of phosphoric acid groups is 2. The highest BCUT2D eigenvalue weighted by Gasteiger charge is 2.68. The molecule has 0 amide bonds. The van der Waals surface area contributed by atoms with E-state index in [2.05, 4.69) is 25.8 Å². The minimum Gasteiger partial charge on any atom is -0.386 e. The fraction of sp³-hybridized carbons (Fsp3) is 0.556. The van der Waals surface area contributed by atoms with Crippen molar-refractivity contribution in [3.8, 4) is 0 Å². The average Bonchev–Trinajstić information content (AvgIpc) is 2.70. The Kier molecular flexibility index (Phi) is 6.57. The number of H-pyrrole nitrogens is 1. The van der Waals surface area contributed by atoms with Crippen LogP contribution in [0, 0.1) is 10.5 Å². The summed E-state index contributed by atoms with van der Waals surface area (Å²) in [6.07, 6.45) is -5.32. The summed E-state index contributed by atoms with van der Waals surface area (Å²) in [6.45, 7) is 0. The highest BCUT2D eigenvalue weighted by molar-refractivity contribution is 7.71. The molecule has 21 heteroatoms. The molecule has 2 heterocycles. The van der Waals surface area contributed by atoms with Crippen LogP contribution in [-0.4, -0.2) is 81.4 Å². The second kappa shape index (κ2) is 7.71. The molecule has 6 radical (unpaired) electrons. The zero-order valence-electron chi connectivity index (χ0n) is 14.2. The van der Waals surface area contributed by atoms with Crippen LogP contribution in [0.4, 0.5) is 8.78 Å². The van der Waals surface area contributed by atoms with E-state index >= 15 is 4.39 Å². The van der Waals surface area contributed by atoms with Crippen molar-refractivity contribution in [2.45, 2.75) is 29.1 Å². The minimum absolute atomic E-state index is 0.0219. The fourth-order valence-electron chi connectivity index (χ4n) is 2.40. The van der Waals surface area contributed by atoms with Gasteiger partial charge in [0, 0.05) is 6.20 Å². The molecule has 0 bridgehead atoms. The predicted octanol–water partition coefficient (Wildman–Crippen LogP) is -2.54. The Morgan fingerprint density at radius 2 is 1.83 bits per heavy atom. The Morgan fingerprint density at radius 3 is 2.33 bits per heavy atom. The van der Waals surface area contributed by atoms with E-state index in [0.29, 0.717) is 0 Å². The Morgan fingerprint density at radius 1 is 1.30 bits per heavy atom. The maximum atomic E-state index is 15.4. The lowest BCUT2D eigenvalue weighted by Gasteiger charge is -2.41. The van der Waals surface area contributed by atoms with Crippen LogP contribution in [0.5, 0.6) is 0 Å². The van der Waals surface area contributed by atoms with Gasteiger partial charge in [0.25, 0.3) is 5.85 Å². The maximum absolute atomic E-state index is 15.4. The van der Waals surface area contributed by atoms with Crippen molar-refractivity contribution in [3.05, 3.63) is 27.1 Å². The van der Waals surface area contributed by atoms with Crippen LogP contribution in [0.15, 0.2) is 11.0 Å². The molecule has 0 spiro atoms. The number of ether oxygens (including phenoxy) is 1. The smallest absolute Gasteiger partial charge is 0.386 e. The Bertz CT molecular complexity index is 1070. The summed E-state index contributed by atoms with van der Waals surface area (Å²) >= 11 is 4.46. The van der Waals surface area contributed by atoms with E-state index in [1.165, 1.54) is 0 Å². The first-order chi connectivity index (χ1) is 13.3. The molecule has 0 saturated carbocycles. The van der Waals surface area contributed by atoms with Crippen LogP contribution in [0.1, 0.15) is 0 Å². The number of aromatic amines is 1. The van der Waals surface area contributed by atoms with Crippen molar-refractivity contribution < 1.29 is 56.4 Å². The largest absolute Gasteiger partial charge is 0.480 e. The minimum atomic E-state index is -5.93. The molecular weight excluding hydrogens is 477 g/mol. The van der Waals surface area contributed by atoms with E-state index in [4.69, 9.17) is 33.3 Å². The van der Waals surface area contributed by atoms with Crippen molar-refractivity contribution in [2.75, 3.05) is 0 Å². The number of aliphatic hydroxyl groups is 2. The number of rotatable bonds is 6. The van der Waals surface area contributed by atoms with Gasteiger partial charge in [0.15, 0.2) is 5.82 Å². The molecule has 0 aromatic carbocycles. The average molecular weight is 486 g/mol. The van der Waals surface area contributed by atoms with Crippen molar-refractivity contribution in [1.29, 1.82) is 0 Å². The molecule has 0 aliphatic carbocycles. The van der Waals surface area contributed by atoms with Gasteiger partial charge in [-0.05, 0) is 0 Å². The highest BCUT2D eigenvalue weighted by atomic mass is 32.1. The molecule has 1 aromatic heterocycles. The van der Waals surface area contributed by atoms with E-state index in [0.717, 1.165) is 0 Å². The number of halogens is 2. The number of alkyl halides is 1. The monoisotopic (exact) mass is 486 g/mol. The Labute approximate surface area is 174 Å². The van der Waals surface area contributed by atoms with E-state index in [1.54, 1.807) is 4.98 Å². The lowest BCUT2D eigenvalue weighted by molar-refractivity contribution is -0.240. The molecule has 1 fully saturated rings. The summed E-state index contributed by atoms with van der Waals surface area (Å²) < 4.78 is 62.7. The van der Waals surface area contributed by atoms with Gasteiger partial charge >= 0.3 is 21.3 Å². The number of nitrogens with one attached hydrogen (secondary N) is 1. The van der Waals surface area contributed by atoms with Crippen molar-refractivity contribution in [3.63, 3.8) is 0 Å². The Balaban J connectivity index is 2.51. The number of aromatic nitrogens is 2. The molecule has 160 valence electrons. The molecule has 30 heavy (non-hydrogen) atoms. The van der Waals surface area contributed by atoms with Gasteiger partial charge in [-0.1, -0.05) is 12.2 Å². The van der Waals surface area contributed by atoms with Crippen LogP contribution in [0.3, 0.4) is 0 Å². The molecule has 1 saturated heterocycles. The molecule has 1 unspecified atom stereocenters.